The second-order valence-corrected chi connectivity index (χ2v) is 6.74. The van der Waals surface area contributed by atoms with E-state index < -0.39 is 4.92 Å². The smallest absolute Gasteiger partial charge is 0.294 e. The minimum Gasteiger partial charge on any atom is -0.494 e. The van der Waals surface area contributed by atoms with Crippen LogP contribution in [0.3, 0.4) is 0 Å². The van der Waals surface area contributed by atoms with Gasteiger partial charge in [-0.15, -0.1) is 0 Å². The Morgan fingerprint density at radius 2 is 1.93 bits per heavy atom. The number of amides is 1. The van der Waals surface area contributed by atoms with Gasteiger partial charge in [0, 0.05) is 30.4 Å². The van der Waals surface area contributed by atoms with Gasteiger partial charge in [-0.2, -0.15) is 0 Å². The van der Waals surface area contributed by atoms with Gasteiger partial charge in [-0.1, -0.05) is 13.3 Å². The van der Waals surface area contributed by atoms with E-state index in [1.165, 1.54) is 6.07 Å². The molecule has 1 amide bonds. The monoisotopic (exact) mass is 399 g/mol. The Morgan fingerprint density at radius 1 is 1.21 bits per heavy atom. The lowest BCUT2D eigenvalue weighted by Crippen LogP contribution is -2.36. The molecule has 3 rings (SSSR count). The summed E-state index contributed by atoms with van der Waals surface area (Å²) < 4.78 is 10.9. The lowest BCUT2D eigenvalue weighted by molar-refractivity contribution is -0.384. The molecule has 154 valence electrons. The van der Waals surface area contributed by atoms with Crippen LogP contribution in [0.5, 0.6) is 5.75 Å². The van der Waals surface area contributed by atoms with Crippen molar-refractivity contribution in [3.05, 3.63) is 58.1 Å². The molecule has 1 aliphatic heterocycles. The van der Waals surface area contributed by atoms with E-state index in [0.29, 0.717) is 55.6 Å². The molecule has 1 heterocycles. The fourth-order valence-corrected chi connectivity index (χ4v) is 3.06. The normalized spacial score (nSPS) is 13.8. The molecule has 8 heteroatoms. The van der Waals surface area contributed by atoms with Crippen LogP contribution >= 0.6 is 0 Å². The number of carbonyl (C=O) groups excluding carboxylic acids is 1. The van der Waals surface area contributed by atoms with Crippen molar-refractivity contribution >= 4 is 23.0 Å². The number of nitro benzene ring substituents is 1. The number of unbranched alkanes of at least 4 members (excludes halogenated alkanes) is 1. The van der Waals surface area contributed by atoms with Gasteiger partial charge in [-0.05, 0) is 42.8 Å². The maximum atomic E-state index is 12.5. The highest BCUT2D eigenvalue weighted by atomic mass is 16.6. The second kappa shape index (κ2) is 9.88. The summed E-state index contributed by atoms with van der Waals surface area (Å²) in [5, 5.41) is 14.3. The van der Waals surface area contributed by atoms with Crippen LogP contribution in [0.4, 0.5) is 17.1 Å². The first-order valence-corrected chi connectivity index (χ1v) is 9.74. The third-order valence-corrected chi connectivity index (χ3v) is 4.66. The summed E-state index contributed by atoms with van der Waals surface area (Å²) in [6.45, 7) is 5.00. The summed E-state index contributed by atoms with van der Waals surface area (Å²) in [5.41, 5.74) is 1.32. The minimum absolute atomic E-state index is 0.0376. The minimum atomic E-state index is -0.428. The van der Waals surface area contributed by atoms with Gasteiger partial charge in [0.05, 0.1) is 24.7 Å². The third-order valence-electron chi connectivity index (χ3n) is 4.66. The van der Waals surface area contributed by atoms with Gasteiger partial charge in [0.25, 0.3) is 11.6 Å². The Bertz CT molecular complexity index is 848. The molecule has 1 aliphatic rings. The number of hydrogen-bond acceptors (Lipinski definition) is 6. The van der Waals surface area contributed by atoms with Crippen molar-refractivity contribution in [1.82, 2.24) is 0 Å². The summed E-state index contributed by atoms with van der Waals surface area (Å²) in [6.07, 6.45) is 2.03. The number of morpholine rings is 1. The van der Waals surface area contributed by atoms with Gasteiger partial charge in [0.15, 0.2) is 0 Å². The summed E-state index contributed by atoms with van der Waals surface area (Å²) in [5.74, 6) is 0.374. The number of anilines is 2. The van der Waals surface area contributed by atoms with Crippen molar-refractivity contribution in [2.75, 3.05) is 43.1 Å². The van der Waals surface area contributed by atoms with Crippen molar-refractivity contribution in [2.45, 2.75) is 19.8 Å². The van der Waals surface area contributed by atoms with E-state index in [2.05, 4.69) is 12.2 Å². The van der Waals surface area contributed by atoms with Crippen LogP contribution in [0.2, 0.25) is 0 Å². The van der Waals surface area contributed by atoms with Crippen LogP contribution in [0.1, 0.15) is 30.1 Å². The van der Waals surface area contributed by atoms with Gasteiger partial charge < -0.3 is 19.7 Å². The van der Waals surface area contributed by atoms with Gasteiger partial charge in [0.2, 0.25) is 0 Å². The molecule has 0 aliphatic carbocycles. The standard InChI is InChI=1S/C21H25N3O5/c1-2-3-12-29-18-7-4-16(5-8-18)21(25)22-17-6-9-19(20(15-17)24(26)27)23-10-13-28-14-11-23/h4-9,15H,2-3,10-14H2,1H3,(H,22,25). The Balaban J connectivity index is 1.69. The summed E-state index contributed by atoms with van der Waals surface area (Å²) in [7, 11) is 0. The van der Waals surface area contributed by atoms with E-state index in [-0.39, 0.29) is 11.6 Å². The average Bonchev–Trinajstić information content (AvgIpc) is 2.75. The van der Waals surface area contributed by atoms with Crippen LogP contribution in [-0.2, 0) is 4.74 Å². The highest BCUT2D eigenvalue weighted by Gasteiger charge is 2.22. The SMILES string of the molecule is CCCCOc1ccc(C(=O)Nc2ccc(N3CCOCC3)c([N+](=O)[O-])c2)cc1. The van der Waals surface area contributed by atoms with E-state index in [1.807, 2.05) is 4.90 Å². The zero-order valence-electron chi connectivity index (χ0n) is 16.4. The fourth-order valence-electron chi connectivity index (χ4n) is 3.06. The first kappa shape index (κ1) is 20.6. The number of benzene rings is 2. The van der Waals surface area contributed by atoms with E-state index in [4.69, 9.17) is 9.47 Å². The Morgan fingerprint density at radius 3 is 2.59 bits per heavy atom. The molecule has 0 aromatic heterocycles. The molecule has 1 fully saturated rings. The zero-order chi connectivity index (χ0) is 20.6. The van der Waals surface area contributed by atoms with E-state index in [9.17, 15) is 14.9 Å². The predicted molar refractivity (Wildman–Crippen MR) is 111 cm³/mol. The molecular weight excluding hydrogens is 374 g/mol. The van der Waals surface area contributed by atoms with Crippen molar-refractivity contribution < 1.29 is 19.2 Å². The Labute approximate surface area is 169 Å². The number of nitrogens with zero attached hydrogens (tertiary/aromatic N) is 2. The van der Waals surface area contributed by atoms with Crippen molar-refractivity contribution in [2.24, 2.45) is 0 Å². The third kappa shape index (κ3) is 5.45. The summed E-state index contributed by atoms with van der Waals surface area (Å²) in [6, 6.07) is 11.6. The van der Waals surface area contributed by atoms with Crippen molar-refractivity contribution in [3.8, 4) is 5.75 Å². The largest absolute Gasteiger partial charge is 0.494 e. The molecule has 0 radical (unpaired) electrons. The zero-order valence-corrected chi connectivity index (χ0v) is 16.4. The first-order valence-electron chi connectivity index (χ1n) is 9.74. The van der Waals surface area contributed by atoms with Gasteiger partial charge >= 0.3 is 0 Å². The molecule has 2 aromatic rings. The maximum absolute atomic E-state index is 12.5. The molecule has 1 N–H and O–H groups in total. The maximum Gasteiger partial charge on any atom is 0.294 e. The number of nitro groups is 1. The first-order chi connectivity index (χ1) is 14.1. The molecule has 0 unspecified atom stereocenters. The predicted octanol–water partition coefficient (Wildman–Crippen LogP) is 3.86. The Hall–Kier alpha value is -3.13. The second-order valence-electron chi connectivity index (χ2n) is 6.74. The molecule has 29 heavy (non-hydrogen) atoms. The van der Waals surface area contributed by atoms with Crippen molar-refractivity contribution in [3.63, 3.8) is 0 Å². The van der Waals surface area contributed by atoms with Crippen LogP contribution in [0.15, 0.2) is 42.5 Å². The summed E-state index contributed by atoms with van der Waals surface area (Å²) in [4.78, 5) is 25.5. The topological polar surface area (TPSA) is 93.9 Å². The molecular formula is C21H25N3O5. The quantitative estimate of drug-likeness (QED) is 0.411. The van der Waals surface area contributed by atoms with Crippen LogP contribution in [-0.4, -0.2) is 43.7 Å². The fraction of sp³-hybridized carbons (Fsp3) is 0.381. The van der Waals surface area contributed by atoms with Gasteiger partial charge in [0.1, 0.15) is 11.4 Å². The van der Waals surface area contributed by atoms with Crippen molar-refractivity contribution in [1.29, 1.82) is 0 Å². The highest BCUT2D eigenvalue weighted by molar-refractivity contribution is 6.04. The molecule has 0 saturated carbocycles. The lowest BCUT2D eigenvalue weighted by atomic mass is 10.1. The molecule has 8 nitrogen and oxygen atoms in total. The lowest BCUT2D eigenvalue weighted by Gasteiger charge is -2.28. The van der Waals surface area contributed by atoms with Crippen LogP contribution in [0, 0.1) is 10.1 Å². The summed E-state index contributed by atoms with van der Waals surface area (Å²) >= 11 is 0. The molecule has 0 bridgehead atoms. The highest BCUT2D eigenvalue weighted by Crippen LogP contribution is 2.32. The number of rotatable bonds is 8. The van der Waals surface area contributed by atoms with Crippen LogP contribution < -0.4 is 15.0 Å². The van der Waals surface area contributed by atoms with E-state index >= 15 is 0 Å². The molecule has 0 atom stereocenters. The number of carbonyl (C=O) groups is 1. The average molecular weight is 399 g/mol. The Kier molecular flexibility index (Phi) is 7.02. The number of hydrogen-bond donors (Lipinski definition) is 1. The van der Waals surface area contributed by atoms with E-state index in [0.717, 1.165) is 12.8 Å². The van der Waals surface area contributed by atoms with Gasteiger partial charge in [-0.3, -0.25) is 14.9 Å². The number of nitrogens with one attached hydrogen (secondary N) is 1. The number of ether oxygens (including phenoxy) is 2. The molecule has 1 saturated heterocycles. The molecule has 0 spiro atoms. The van der Waals surface area contributed by atoms with Crippen LogP contribution in [0.25, 0.3) is 0 Å². The molecule has 2 aromatic carbocycles. The van der Waals surface area contributed by atoms with E-state index in [1.54, 1.807) is 36.4 Å². The van der Waals surface area contributed by atoms with Gasteiger partial charge in [-0.25, -0.2) is 0 Å².